The van der Waals surface area contributed by atoms with Crippen LogP contribution in [0, 0.1) is 6.92 Å². The second-order valence-electron chi connectivity index (χ2n) is 5.66. The first-order chi connectivity index (χ1) is 11.6. The van der Waals surface area contributed by atoms with Crippen LogP contribution in [0.15, 0.2) is 36.5 Å². The average Bonchev–Trinajstić information content (AvgIpc) is 3.13. The number of hydrogen-bond acceptors (Lipinski definition) is 4. The molecule has 0 bridgehead atoms. The molecule has 0 aromatic carbocycles. The van der Waals surface area contributed by atoms with Crippen LogP contribution in [0.3, 0.4) is 0 Å². The van der Waals surface area contributed by atoms with Gasteiger partial charge in [0.1, 0.15) is 6.54 Å². The summed E-state index contributed by atoms with van der Waals surface area (Å²) in [6.45, 7) is 4.24. The summed E-state index contributed by atoms with van der Waals surface area (Å²) in [7, 11) is 0. The monoisotopic (exact) mass is 344 g/mol. The van der Waals surface area contributed by atoms with Crippen LogP contribution in [0.4, 0.5) is 0 Å². The van der Waals surface area contributed by atoms with Crippen molar-refractivity contribution in [3.05, 3.63) is 53.6 Å². The predicted molar refractivity (Wildman–Crippen MR) is 94.3 cm³/mol. The molecule has 126 valence electrons. The number of pyridine rings is 1. The lowest BCUT2D eigenvalue weighted by atomic mass is 10.0. The highest BCUT2D eigenvalue weighted by molar-refractivity contribution is 7.80. The van der Waals surface area contributed by atoms with Crippen LogP contribution >= 0.6 is 12.2 Å². The van der Waals surface area contributed by atoms with E-state index in [1.807, 2.05) is 42.2 Å². The zero-order valence-corrected chi connectivity index (χ0v) is 14.5. The van der Waals surface area contributed by atoms with Gasteiger partial charge in [-0.3, -0.25) is 9.78 Å². The number of aryl methyl sites for hydroxylation is 1. The molecule has 0 saturated carbocycles. The van der Waals surface area contributed by atoms with Crippen LogP contribution in [0.25, 0.3) is 0 Å². The number of H-pyrrole nitrogens is 1. The maximum Gasteiger partial charge on any atom is 0.325 e. The number of esters is 1. The topological polar surface area (TPSA) is 70.2 Å². The van der Waals surface area contributed by atoms with Crippen molar-refractivity contribution in [2.24, 2.45) is 0 Å². The Kier molecular flexibility index (Phi) is 4.80. The van der Waals surface area contributed by atoms with E-state index in [1.165, 1.54) is 0 Å². The molecule has 0 unspecified atom stereocenters. The number of aromatic nitrogens is 2. The molecule has 2 aromatic heterocycles. The molecular formula is C17H20N4O2S. The highest BCUT2D eigenvalue weighted by Gasteiger charge is 2.41. The van der Waals surface area contributed by atoms with E-state index in [0.717, 1.165) is 17.1 Å². The number of ether oxygens (including phenoxy) is 1. The van der Waals surface area contributed by atoms with Gasteiger partial charge in [0, 0.05) is 17.6 Å². The Hall–Kier alpha value is -2.41. The van der Waals surface area contributed by atoms with Crippen molar-refractivity contribution in [2.45, 2.75) is 25.9 Å². The fraction of sp³-hybridized carbons (Fsp3) is 0.353. The van der Waals surface area contributed by atoms with Crippen LogP contribution in [0.1, 0.15) is 36.1 Å². The molecular weight excluding hydrogens is 324 g/mol. The molecule has 3 rings (SSSR count). The predicted octanol–water partition coefficient (Wildman–Crippen LogP) is 2.25. The summed E-state index contributed by atoms with van der Waals surface area (Å²) in [5, 5.41) is 3.82. The molecule has 6 nitrogen and oxygen atoms in total. The quantitative estimate of drug-likeness (QED) is 0.640. The van der Waals surface area contributed by atoms with Crippen molar-refractivity contribution in [3.63, 3.8) is 0 Å². The van der Waals surface area contributed by atoms with Gasteiger partial charge in [0.2, 0.25) is 0 Å². The third-order valence-electron chi connectivity index (χ3n) is 3.98. The van der Waals surface area contributed by atoms with Crippen molar-refractivity contribution < 1.29 is 9.53 Å². The zero-order valence-electron chi connectivity index (χ0n) is 13.7. The van der Waals surface area contributed by atoms with E-state index in [4.69, 9.17) is 17.0 Å². The lowest BCUT2D eigenvalue weighted by Gasteiger charge is -2.26. The van der Waals surface area contributed by atoms with E-state index >= 15 is 0 Å². The number of rotatable bonds is 5. The molecule has 7 heteroatoms. The van der Waals surface area contributed by atoms with E-state index in [9.17, 15) is 4.79 Å². The minimum Gasteiger partial charge on any atom is -0.465 e. The molecule has 1 aliphatic rings. The Bertz CT molecular complexity index is 731. The molecule has 3 heterocycles. The summed E-state index contributed by atoms with van der Waals surface area (Å²) in [6, 6.07) is 9.52. The number of thiocarbonyl (C=S) groups is 1. The van der Waals surface area contributed by atoms with Crippen LogP contribution in [0.5, 0.6) is 0 Å². The smallest absolute Gasteiger partial charge is 0.325 e. The largest absolute Gasteiger partial charge is 0.465 e. The van der Waals surface area contributed by atoms with Gasteiger partial charge in [-0.15, -0.1) is 0 Å². The minimum atomic E-state index is -0.295. The highest BCUT2D eigenvalue weighted by Crippen LogP contribution is 2.37. The van der Waals surface area contributed by atoms with Crippen molar-refractivity contribution in [1.29, 1.82) is 0 Å². The van der Waals surface area contributed by atoms with Gasteiger partial charge in [-0.1, -0.05) is 6.07 Å². The Morgan fingerprint density at radius 1 is 1.38 bits per heavy atom. The Morgan fingerprint density at radius 3 is 2.83 bits per heavy atom. The highest BCUT2D eigenvalue weighted by atomic mass is 32.1. The number of hydrogen-bond donors (Lipinski definition) is 2. The Morgan fingerprint density at radius 2 is 2.21 bits per heavy atom. The SMILES string of the molecule is CCOC(=O)CN1C(=S)N[C@H](c2ccccn2)[C@@H]1c1ccc(C)[nH]1. The summed E-state index contributed by atoms with van der Waals surface area (Å²) in [6.07, 6.45) is 1.76. The molecule has 2 aromatic rings. The number of nitrogens with one attached hydrogen (secondary N) is 2. The normalized spacial score (nSPS) is 20.1. The first-order valence-corrected chi connectivity index (χ1v) is 8.30. The lowest BCUT2D eigenvalue weighted by Crippen LogP contribution is -2.35. The van der Waals surface area contributed by atoms with Gasteiger partial charge >= 0.3 is 5.97 Å². The van der Waals surface area contributed by atoms with Crippen LogP contribution in [-0.4, -0.2) is 39.1 Å². The zero-order chi connectivity index (χ0) is 17.1. The molecule has 1 aliphatic heterocycles. The molecule has 2 N–H and O–H groups in total. The second kappa shape index (κ2) is 7.00. The summed E-state index contributed by atoms with van der Waals surface area (Å²) in [4.78, 5) is 21.7. The first-order valence-electron chi connectivity index (χ1n) is 7.89. The van der Waals surface area contributed by atoms with Gasteiger partial charge in [0.15, 0.2) is 5.11 Å². The standard InChI is InChI=1S/C17H20N4O2S/c1-3-23-14(22)10-21-16(13-8-7-11(2)19-13)15(20-17(21)24)12-6-4-5-9-18-12/h4-9,15-16,19H,3,10H2,1-2H3,(H,20,24)/t15-,16+/m1/s1. The van der Waals surface area contributed by atoms with E-state index in [0.29, 0.717) is 11.7 Å². The van der Waals surface area contributed by atoms with Gasteiger partial charge in [0.05, 0.1) is 24.4 Å². The van der Waals surface area contributed by atoms with E-state index in [-0.39, 0.29) is 24.6 Å². The summed E-state index contributed by atoms with van der Waals surface area (Å²) in [5.41, 5.74) is 2.92. The van der Waals surface area contributed by atoms with Crippen LogP contribution in [0.2, 0.25) is 0 Å². The number of carbonyl (C=O) groups is 1. The van der Waals surface area contributed by atoms with Crippen LogP contribution in [-0.2, 0) is 9.53 Å². The van der Waals surface area contributed by atoms with Gasteiger partial charge in [-0.05, 0) is 50.3 Å². The molecule has 0 spiro atoms. The van der Waals surface area contributed by atoms with E-state index in [2.05, 4.69) is 15.3 Å². The molecule has 0 amide bonds. The van der Waals surface area contributed by atoms with E-state index < -0.39 is 0 Å². The number of nitrogens with zero attached hydrogens (tertiary/aromatic N) is 2. The third kappa shape index (κ3) is 3.26. The fourth-order valence-electron chi connectivity index (χ4n) is 2.96. The maximum absolute atomic E-state index is 12.0. The molecule has 24 heavy (non-hydrogen) atoms. The van der Waals surface area contributed by atoms with Gasteiger partial charge in [-0.2, -0.15) is 0 Å². The first kappa shape index (κ1) is 16.4. The van der Waals surface area contributed by atoms with E-state index in [1.54, 1.807) is 13.1 Å². The molecule has 1 saturated heterocycles. The fourth-order valence-corrected chi connectivity index (χ4v) is 3.26. The maximum atomic E-state index is 12.0. The van der Waals surface area contributed by atoms with Crippen molar-refractivity contribution in [1.82, 2.24) is 20.2 Å². The average molecular weight is 344 g/mol. The van der Waals surface area contributed by atoms with Crippen molar-refractivity contribution in [2.75, 3.05) is 13.2 Å². The Labute approximate surface area is 146 Å². The molecule has 1 fully saturated rings. The lowest BCUT2D eigenvalue weighted by molar-refractivity contribution is -0.143. The molecule has 0 aliphatic carbocycles. The second-order valence-corrected chi connectivity index (χ2v) is 6.04. The van der Waals surface area contributed by atoms with Crippen LogP contribution < -0.4 is 5.32 Å². The third-order valence-corrected chi connectivity index (χ3v) is 4.33. The Balaban J connectivity index is 1.95. The van der Waals surface area contributed by atoms with Gasteiger partial charge in [0.25, 0.3) is 0 Å². The summed E-state index contributed by atoms with van der Waals surface area (Å²) >= 11 is 5.47. The number of carbonyl (C=O) groups excluding carboxylic acids is 1. The van der Waals surface area contributed by atoms with Gasteiger partial charge in [-0.25, -0.2) is 0 Å². The molecule has 0 radical (unpaired) electrons. The summed E-state index contributed by atoms with van der Waals surface area (Å²) < 4.78 is 5.09. The van der Waals surface area contributed by atoms with Crippen molar-refractivity contribution in [3.8, 4) is 0 Å². The van der Waals surface area contributed by atoms with Crippen molar-refractivity contribution >= 4 is 23.3 Å². The molecule has 2 atom stereocenters. The summed E-state index contributed by atoms with van der Waals surface area (Å²) in [5.74, 6) is -0.295. The minimum absolute atomic E-state index is 0.103. The number of aromatic amines is 1. The van der Waals surface area contributed by atoms with Gasteiger partial charge < -0.3 is 19.9 Å².